The van der Waals surface area contributed by atoms with E-state index in [1.165, 1.54) is 49.7 Å². The van der Waals surface area contributed by atoms with Crippen molar-refractivity contribution in [1.29, 1.82) is 0 Å². The van der Waals surface area contributed by atoms with Crippen LogP contribution in [-0.4, -0.2) is 4.57 Å². The number of nitrogens with zero attached hydrogens (tertiary/aromatic N) is 2. The number of benzene rings is 10. The van der Waals surface area contributed by atoms with Crippen LogP contribution in [0, 0.1) is 0 Å². The van der Waals surface area contributed by atoms with Crippen LogP contribution in [0.2, 0.25) is 0 Å². The summed E-state index contributed by atoms with van der Waals surface area (Å²) in [6, 6.07) is 87.1. The molecule has 0 aliphatic heterocycles. The summed E-state index contributed by atoms with van der Waals surface area (Å²) in [5.41, 5.74) is 18.0. The Balaban J connectivity index is 0.948. The fourth-order valence-corrected chi connectivity index (χ4v) is 9.45. The largest absolute Gasteiger partial charge is 0.456 e. The number of para-hydroxylation sites is 4. The maximum absolute atomic E-state index is 6.22. The number of fused-ring (bicyclic) bond motifs is 6. The monoisotopic (exact) mass is 804 g/mol. The van der Waals surface area contributed by atoms with Gasteiger partial charge in [0.2, 0.25) is 0 Å². The van der Waals surface area contributed by atoms with Crippen LogP contribution in [0.15, 0.2) is 247 Å². The Kier molecular flexibility index (Phi) is 8.83. The molecular weight excluding hydrogens is 765 g/mol. The Morgan fingerprint density at radius 3 is 1.62 bits per heavy atom. The molecule has 3 nitrogen and oxygen atoms in total. The fraction of sp³-hybridized carbons (Fsp3) is 0. The zero-order valence-corrected chi connectivity index (χ0v) is 34.4. The molecule has 2 aromatic heterocycles. The van der Waals surface area contributed by atoms with E-state index in [2.05, 4.69) is 240 Å². The molecule has 2 heterocycles. The molecule has 0 saturated heterocycles. The molecule has 0 aliphatic rings. The van der Waals surface area contributed by atoms with Gasteiger partial charge in [0.15, 0.2) is 0 Å². The summed E-state index contributed by atoms with van der Waals surface area (Å²) in [6.45, 7) is 0. The van der Waals surface area contributed by atoms with Crippen molar-refractivity contribution in [1.82, 2.24) is 4.57 Å². The molecule has 0 fully saturated rings. The third-order valence-corrected chi connectivity index (χ3v) is 12.4. The lowest BCUT2D eigenvalue weighted by molar-refractivity contribution is 0.669. The number of rotatable bonds is 8. The lowest BCUT2D eigenvalue weighted by atomic mass is 9.94. The second-order valence-corrected chi connectivity index (χ2v) is 16.1. The first-order valence-corrected chi connectivity index (χ1v) is 21.5. The van der Waals surface area contributed by atoms with Crippen molar-refractivity contribution < 1.29 is 4.42 Å². The van der Waals surface area contributed by atoms with Crippen LogP contribution >= 0.6 is 0 Å². The summed E-state index contributed by atoms with van der Waals surface area (Å²) in [7, 11) is 0. The molecule has 10 aromatic carbocycles. The van der Waals surface area contributed by atoms with E-state index in [1.54, 1.807) is 0 Å². The number of anilines is 3. The van der Waals surface area contributed by atoms with Crippen LogP contribution < -0.4 is 4.90 Å². The molecule has 0 N–H and O–H groups in total. The topological polar surface area (TPSA) is 21.3 Å². The van der Waals surface area contributed by atoms with Crippen molar-refractivity contribution >= 4 is 60.8 Å². The highest BCUT2D eigenvalue weighted by Gasteiger charge is 2.20. The molecule has 0 radical (unpaired) electrons. The molecular formula is C60H40N2O. The van der Waals surface area contributed by atoms with Gasteiger partial charge in [-0.15, -0.1) is 0 Å². The van der Waals surface area contributed by atoms with Gasteiger partial charge in [-0.05, 0) is 112 Å². The summed E-state index contributed by atoms with van der Waals surface area (Å²) in [4.78, 5) is 2.37. The van der Waals surface area contributed by atoms with Crippen LogP contribution in [-0.2, 0) is 0 Å². The maximum Gasteiger partial charge on any atom is 0.135 e. The van der Waals surface area contributed by atoms with Crippen LogP contribution in [0.25, 0.3) is 93.9 Å². The molecule has 0 spiro atoms. The van der Waals surface area contributed by atoms with Crippen molar-refractivity contribution in [2.45, 2.75) is 0 Å². The zero-order chi connectivity index (χ0) is 41.7. The van der Waals surface area contributed by atoms with E-state index in [1.807, 2.05) is 12.1 Å². The average molecular weight is 805 g/mol. The average Bonchev–Trinajstić information content (AvgIpc) is 3.91. The zero-order valence-electron chi connectivity index (χ0n) is 34.4. The Bertz CT molecular complexity index is 3600. The Morgan fingerprint density at radius 2 is 0.841 bits per heavy atom. The third-order valence-electron chi connectivity index (χ3n) is 12.4. The predicted octanol–water partition coefficient (Wildman–Crippen LogP) is 16.8. The quantitative estimate of drug-likeness (QED) is 0.153. The molecule has 0 amide bonds. The van der Waals surface area contributed by atoms with E-state index in [9.17, 15) is 0 Å². The molecule has 0 unspecified atom stereocenters. The first kappa shape index (κ1) is 36.5. The van der Waals surface area contributed by atoms with Gasteiger partial charge in [0, 0.05) is 44.2 Å². The lowest BCUT2D eigenvalue weighted by Crippen LogP contribution is -2.11. The van der Waals surface area contributed by atoms with E-state index in [0.29, 0.717) is 0 Å². The minimum Gasteiger partial charge on any atom is -0.456 e. The van der Waals surface area contributed by atoms with Gasteiger partial charge >= 0.3 is 0 Å². The van der Waals surface area contributed by atoms with Crippen molar-refractivity contribution in [3.8, 4) is 50.2 Å². The molecule has 63 heavy (non-hydrogen) atoms. The molecule has 0 atom stereocenters. The second-order valence-electron chi connectivity index (χ2n) is 16.1. The molecule has 296 valence electrons. The number of hydrogen-bond donors (Lipinski definition) is 0. The highest BCUT2D eigenvalue weighted by molar-refractivity contribution is 6.16. The molecule has 0 bridgehead atoms. The first-order valence-electron chi connectivity index (χ1n) is 21.5. The summed E-state index contributed by atoms with van der Waals surface area (Å²) < 4.78 is 8.62. The van der Waals surface area contributed by atoms with Gasteiger partial charge in [0.1, 0.15) is 11.2 Å². The van der Waals surface area contributed by atoms with Crippen LogP contribution in [0.5, 0.6) is 0 Å². The maximum atomic E-state index is 6.22. The van der Waals surface area contributed by atoms with Crippen LogP contribution in [0.1, 0.15) is 0 Å². The standard InChI is InChI=1S/C60H40N2O/c1-3-15-41(16-4-1)42-29-31-43(32-30-42)44-33-35-48(36-34-44)61(47-19-5-2-6-20-47)55-25-10-7-21-50(55)45-17-13-18-46(39-45)51-24-14-27-57-60(51)53-23-8-11-26-56(53)62(57)49-37-38-59-54(40-49)52-22-9-12-28-58(52)63-59/h1-40H. The summed E-state index contributed by atoms with van der Waals surface area (Å²) in [6.07, 6.45) is 0. The van der Waals surface area contributed by atoms with E-state index < -0.39 is 0 Å². The first-order chi connectivity index (χ1) is 31.2. The van der Waals surface area contributed by atoms with Gasteiger partial charge in [-0.25, -0.2) is 0 Å². The van der Waals surface area contributed by atoms with Gasteiger partial charge in [0.05, 0.1) is 16.7 Å². The minimum atomic E-state index is 0.895. The van der Waals surface area contributed by atoms with E-state index >= 15 is 0 Å². The van der Waals surface area contributed by atoms with Crippen LogP contribution in [0.4, 0.5) is 17.1 Å². The molecule has 3 heteroatoms. The van der Waals surface area contributed by atoms with Gasteiger partial charge in [-0.2, -0.15) is 0 Å². The summed E-state index contributed by atoms with van der Waals surface area (Å²) in [5, 5.41) is 4.69. The van der Waals surface area contributed by atoms with Crippen LogP contribution in [0.3, 0.4) is 0 Å². The SMILES string of the molecule is c1ccc(-c2ccc(-c3ccc(N(c4ccccc4)c4ccccc4-c4cccc(-c5cccc6c5c5ccccc5n6-c5ccc6oc7ccccc7c6c5)c4)cc3)cc2)cc1. The highest BCUT2D eigenvalue weighted by Crippen LogP contribution is 2.44. The van der Waals surface area contributed by atoms with E-state index in [4.69, 9.17) is 4.42 Å². The lowest BCUT2D eigenvalue weighted by Gasteiger charge is -2.28. The Hall–Kier alpha value is -8.40. The number of furan rings is 1. The smallest absolute Gasteiger partial charge is 0.135 e. The van der Waals surface area contributed by atoms with Crippen molar-refractivity contribution in [3.05, 3.63) is 243 Å². The predicted molar refractivity (Wildman–Crippen MR) is 264 cm³/mol. The molecule has 12 aromatic rings. The highest BCUT2D eigenvalue weighted by atomic mass is 16.3. The number of hydrogen-bond acceptors (Lipinski definition) is 2. The van der Waals surface area contributed by atoms with Crippen molar-refractivity contribution in [3.63, 3.8) is 0 Å². The van der Waals surface area contributed by atoms with Gasteiger partial charge in [-0.1, -0.05) is 170 Å². The molecule has 0 saturated carbocycles. The van der Waals surface area contributed by atoms with Gasteiger partial charge in [-0.3, -0.25) is 0 Å². The Morgan fingerprint density at radius 1 is 0.317 bits per heavy atom. The summed E-state index contributed by atoms with van der Waals surface area (Å²) in [5.74, 6) is 0. The third kappa shape index (κ3) is 6.38. The normalized spacial score (nSPS) is 11.5. The van der Waals surface area contributed by atoms with Gasteiger partial charge < -0.3 is 13.9 Å². The van der Waals surface area contributed by atoms with Crippen molar-refractivity contribution in [2.24, 2.45) is 0 Å². The Labute approximate surface area is 366 Å². The second kappa shape index (κ2) is 15.3. The molecule has 0 aliphatic carbocycles. The fourth-order valence-electron chi connectivity index (χ4n) is 9.45. The molecule has 12 rings (SSSR count). The van der Waals surface area contributed by atoms with Gasteiger partial charge in [0.25, 0.3) is 0 Å². The van der Waals surface area contributed by atoms with Crippen molar-refractivity contribution in [2.75, 3.05) is 4.90 Å². The van der Waals surface area contributed by atoms with E-state index in [-0.39, 0.29) is 0 Å². The van der Waals surface area contributed by atoms with E-state index in [0.717, 1.165) is 61.3 Å². The minimum absolute atomic E-state index is 0.895. The number of aromatic nitrogens is 1. The summed E-state index contributed by atoms with van der Waals surface area (Å²) >= 11 is 0.